The van der Waals surface area contributed by atoms with Gasteiger partial charge in [-0.1, -0.05) is 98.5 Å². The number of benzene rings is 1. The molecule has 13 amide bonds. The predicted molar refractivity (Wildman–Crippen MR) is 412 cm³/mol. The number of carbonyl (C=O) groups is 17. The normalized spacial score (nSPS) is 21.7. The molecule has 1 aromatic carbocycles. The molecule has 1 aromatic rings. The molecule has 1 aliphatic carbocycles. The molecule has 620 valence electrons. The number of aliphatic imine (C=N–C) groups is 1. The smallest absolute Gasteiger partial charge is 0.327 e. The van der Waals surface area contributed by atoms with Crippen LogP contribution in [0, 0.1) is 24.2 Å². The van der Waals surface area contributed by atoms with E-state index in [1.165, 1.54) is 13.0 Å². The molecule has 2 heterocycles. The van der Waals surface area contributed by atoms with Gasteiger partial charge in [-0.25, -0.2) is 4.79 Å². The molecule has 2 aliphatic heterocycles. The molecule has 3 aliphatic rings. The van der Waals surface area contributed by atoms with E-state index in [4.69, 9.17) is 28.2 Å². The average Bonchev–Trinajstić information content (AvgIpc) is 1.30. The van der Waals surface area contributed by atoms with Crippen molar-refractivity contribution in [1.29, 1.82) is 0 Å². The molecule has 0 aromatic heterocycles. The van der Waals surface area contributed by atoms with Gasteiger partial charge in [0.25, 0.3) is 0 Å². The van der Waals surface area contributed by atoms with E-state index in [1.54, 1.807) is 42.5 Å². The van der Waals surface area contributed by atoms with Crippen LogP contribution in [0.1, 0.15) is 90.5 Å². The van der Waals surface area contributed by atoms with Crippen LogP contribution in [0.25, 0.3) is 10.4 Å². The number of carboxylic acid groups (broad SMARTS) is 4. The average molecular weight is 1660 g/mol. The maximum Gasteiger partial charge on any atom is 0.327 e. The number of guanidine groups is 1. The summed E-state index contributed by atoms with van der Waals surface area (Å²) in [6.07, 6.45) is 7.63. The lowest BCUT2D eigenvalue weighted by Gasteiger charge is -2.27. The van der Waals surface area contributed by atoms with Gasteiger partial charge < -0.3 is 111 Å². The van der Waals surface area contributed by atoms with Crippen molar-refractivity contribution in [1.82, 2.24) is 69.1 Å². The standard InChI is InChI=1S/C42H56N12O15S4.C25H39N7O8/c1-2-3-11-30(55)48-26-17-70-73-20-29(41(68)69)54-35(62)23(13-21-8-5-4-6-9-21)50-40(67)28-19-72-71-18-27(53-37(64)25(15-33(59)60)51-38(26)65)39(66)49-22(10-7-12-45-42(43)44)34(61)46-16-31(56)47-24(14-32(57)58)36(63)52-28;1-15(2)12-19(30-25(39)20(29-16(3)33)13-17-4-6-18(34)7-5-17)24(38)31-21(14-22(35)36)23(37)27-8-10-40-11-9-28-32-26/h1,4-6,8-9,22-29H,3,7,10-20H2,(H,46,61)(H,47,56)(H,48,55)(H,49,66)(H,50,67)(H,51,65)(H,52,63)(H,53,64)(H,54,62)(H,57,58)(H,59,60)(H,68,69)(H4,43,44,45);4,6-7,15,17,19-21,34H,5,8-14H2,1-3H3,(H,27,37)(H,29,33)(H,30,39)(H,31,38)(H,35,36)/t22-,23-,24-,25-,26-,27-,28-,29-;17?,19-,20+,21+/m11/s1. The Kier molecular flexibility index (Phi) is 44.5. The van der Waals surface area contributed by atoms with E-state index in [9.17, 15) is 107 Å². The van der Waals surface area contributed by atoms with E-state index in [0.717, 1.165) is 43.2 Å². The fraction of sp³-hybridized carbons (Fsp3) is 0.552. The Morgan fingerprint density at radius 2 is 1.27 bits per heavy atom. The SMILES string of the molecule is C#CCCC(=O)N[C@@H]1CSSC[C@H](C(=O)O)NC(=O)[C@@H](Cc2ccccc2)NC(=O)[C@H]2CSSC[C@@H](NC(=O)[C@@H](CC(=O)O)NC1=O)C(=O)N[C@H](CCCN=C(N)N)C(=O)NCC(=O)N[C@H](CC(=O)O)C(=O)N2.CC(=O)N[C@@H](CC1C=CC(O)=CC1)C(=O)N[C@H](CC(C)C)C(=O)N[C@@H](CC(=O)O)C(=O)NCCOCCN=[N+]=[N-]. The number of hydrogen-bond donors (Lipinski definition) is 20. The molecule has 22 N–H and O–H groups in total. The Hall–Kier alpha value is -11.0. The number of nitrogens with two attached hydrogens (primary N) is 2. The molecule has 0 radical (unpaired) electrons. The minimum absolute atomic E-state index is 0.0220. The topological polar surface area (TPSA) is 670 Å². The van der Waals surface area contributed by atoms with Gasteiger partial charge >= 0.3 is 23.9 Å². The number of amides is 13. The highest BCUT2D eigenvalue weighted by Gasteiger charge is 2.38. The van der Waals surface area contributed by atoms with Crippen LogP contribution in [0.4, 0.5) is 0 Å². The summed E-state index contributed by atoms with van der Waals surface area (Å²) in [5, 5.41) is 83.3. The third-order valence-electron chi connectivity index (χ3n) is 15.8. The number of aliphatic hydroxyl groups excluding tert-OH is 1. The first kappa shape index (κ1) is 96.2. The highest BCUT2D eigenvalue weighted by molar-refractivity contribution is 8.77. The number of fused-ring (bicyclic) bond motifs is 5. The van der Waals surface area contributed by atoms with Crippen molar-refractivity contribution in [3.63, 3.8) is 0 Å². The van der Waals surface area contributed by atoms with Crippen LogP contribution >= 0.6 is 43.2 Å². The van der Waals surface area contributed by atoms with Crippen LogP contribution in [0.3, 0.4) is 0 Å². The number of allylic oxidation sites excluding steroid dienone is 3. The van der Waals surface area contributed by atoms with Crippen molar-refractivity contribution >= 4 is 150 Å². The van der Waals surface area contributed by atoms with Crippen LogP contribution in [-0.2, 0) is 92.7 Å². The van der Waals surface area contributed by atoms with Gasteiger partial charge in [0.1, 0.15) is 72.2 Å². The lowest BCUT2D eigenvalue weighted by molar-refractivity contribution is -0.142. The molecule has 113 heavy (non-hydrogen) atoms. The van der Waals surface area contributed by atoms with Crippen LogP contribution < -0.4 is 80.6 Å². The fourth-order valence-corrected chi connectivity index (χ4v) is 14.9. The summed E-state index contributed by atoms with van der Waals surface area (Å²) in [7, 11) is 3.30. The maximum atomic E-state index is 14.3. The molecule has 42 nitrogen and oxygen atoms in total. The second-order valence-electron chi connectivity index (χ2n) is 25.5. The van der Waals surface area contributed by atoms with Crippen LogP contribution in [-0.4, -0.2) is 261 Å². The molecule has 2 fully saturated rings. The molecular formula is C67H95N19O23S4. The van der Waals surface area contributed by atoms with Crippen molar-refractivity contribution in [3.8, 4) is 12.3 Å². The number of terminal acetylenes is 1. The summed E-state index contributed by atoms with van der Waals surface area (Å²) in [5.41, 5.74) is 19.6. The molecule has 4 rings (SSSR count). The Bertz CT molecular complexity index is 3710. The van der Waals surface area contributed by atoms with Gasteiger partial charge in [0.2, 0.25) is 76.8 Å². The van der Waals surface area contributed by atoms with Crippen LogP contribution in [0.2, 0.25) is 0 Å². The first-order valence-corrected chi connectivity index (χ1v) is 40.0. The molecular weight excluding hydrogens is 1570 g/mol. The summed E-state index contributed by atoms with van der Waals surface area (Å²) in [6, 6.07) is -8.52. The van der Waals surface area contributed by atoms with E-state index in [2.05, 4.69) is 90.1 Å². The van der Waals surface area contributed by atoms with Crippen molar-refractivity contribution in [2.24, 2.45) is 33.4 Å². The van der Waals surface area contributed by atoms with Gasteiger partial charge in [-0.15, -0.1) is 12.3 Å². The zero-order chi connectivity index (χ0) is 84.1. The van der Waals surface area contributed by atoms with E-state index >= 15 is 0 Å². The predicted octanol–water partition coefficient (Wildman–Crippen LogP) is -3.65. The van der Waals surface area contributed by atoms with E-state index in [1.807, 2.05) is 13.8 Å². The number of carbonyl (C=O) groups excluding carboxylic acids is 13. The number of nitrogens with one attached hydrogen (secondary N) is 13. The lowest BCUT2D eigenvalue weighted by atomic mass is 9.92. The van der Waals surface area contributed by atoms with E-state index in [-0.39, 0.29) is 113 Å². The summed E-state index contributed by atoms with van der Waals surface area (Å²) >= 11 is 0. The Labute approximate surface area is 663 Å². The quantitative estimate of drug-likeness (QED) is 0.00483. The highest BCUT2D eigenvalue weighted by Crippen LogP contribution is 2.26. The van der Waals surface area contributed by atoms with Gasteiger partial charge in [-0.2, -0.15) is 0 Å². The minimum Gasteiger partial charge on any atom is -0.508 e. The van der Waals surface area contributed by atoms with Gasteiger partial charge in [-0.05, 0) is 67.2 Å². The Morgan fingerprint density at radius 1 is 0.681 bits per heavy atom. The van der Waals surface area contributed by atoms with Crippen molar-refractivity contribution < 1.29 is 112 Å². The second-order valence-corrected chi connectivity index (χ2v) is 30.6. The first-order chi connectivity index (χ1) is 53.6. The molecule has 2 saturated heterocycles. The number of carboxylic acids is 4. The van der Waals surface area contributed by atoms with Crippen molar-refractivity contribution in [2.75, 3.05) is 62.4 Å². The van der Waals surface area contributed by atoms with Crippen LogP contribution in [0.15, 0.2) is 64.4 Å². The molecule has 12 atom stereocenters. The van der Waals surface area contributed by atoms with E-state index < -0.39 is 204 Å². The molecule has 2 bridgehead atoms. The lowest BCUT2D eigenvalue weighted by Crippen LogP contribution is -2.59. The van der Waals surface area contributed by atoms with Gasteiger partial charge in [0.15, 0.2) is 5.96 Å². The summed E-state index contributed by atoms with van der Waals surface area (Å²) in [4.78, 5) is 229. The Morgan fingerprint density at radius 3 is 1.83 bits per heavy atom. The zero-order valence-electron chi connectivity index (χ0n) is 61.7. The number of hydrogen-bond acceptors (Lipinski definition) is 25. The summed E-state index contributed by atoms with van der Waals surface area (Å²) in [5.74, 6) is -17.5. The summed E-state index contributed by atoms with van der Waals surface area (Å²) in [6.45, 7) is 4.35. The number of rotatable bonds is 32. The monoisotopic (exact) mass is 1660 g/mol. The molecule has 1 unspecified atom stereocenters. The van der Waals surface area contributed by atoms with E-state index in [0.29, 0.717) is 12.0 Å². The Balaban J connectivity index is 0.000000697. The van der Waals surface area contributed by atoms with Crippen molar-refractivity contribution in [3.05, 3.63) is 70.3 Å². The highest BCUT2D eigenvalue weighted by atomic mass is 33.1. The first-order valence-electron chi connectivity index (χ1n) is 35.0. The van der Waals surface area contributed by atoms with Crippen LogP contribution in [0.5, 0.6) is 0 Å². The number of azide groups is 1. The maximum absolute atomic E-state index is 14.3. The number of ether oxygens (including phenoxy) is 1. The molecule has 0 spiro atoms. The third kappa shape index (κ3) is 39.6. The largest absolute Gasteiger partial charge is 0.508 e. The van der Waals surface area contributed by atoms with Gasteiger partial charge in [-0.3, -0.25) is 81.7 Å². The van der Waals surface area contributed by atoms with Crippen molar-refractivity contribution in [2.45, 2.75) is 158 Å². The van der Waals surface area contributed by atoms with Gasteiger partial charge in [0.05, 0.1) is 39.0 Å². The zero-order valence-corrected chi connectivity index (χ0v) is 65.0. The minimum atomic E-state index is -1.92. The molecule has 0 saturated carbocycles. The third-order valence-corrected chi connectivity index (χ3v) is 20.6. The fourth-order valence-electron chi connectivity index (χ4n) is 10.3. The number of nitrogens with zero attached hydrogens (tertiary/aromatic N) is 4. The number of aliphatic carboxylic acids is 4. The number of aliphatic hydroxyl groups is 1. The molecule has 46 heteroatoms. The summed E-state index contributed by atoms with van der Waals surface area (Å²) < 4.78 is 5.18. The second kappa shape index (κ2) is 52.3. The van der Waals surface area contributed by atoms with Gasteiger partial charge in [0, 0.05) is 73.7 Å².